The van der Waals surface area contributed by atoms with Crippen molar-refractivity contribution in [1.29, 1.82) is 0 Å². The first kappa shape index (κ1) is 14.6. The van der Waals surface area contributed by atoms with E-state index in [0.29, 0.717) is 16.2 Å². The molecule has 0 saturated carbocycles. The van der Waals surface area contributed by atoms with E-state index in [0.717, 1.165) is 18.5 Å². The number of para-hydroxylation sites is 1. The molecule has 3 rings (SSSR count). The Balaban J connectivity index is 0.000000160. The van der Waals surface area contributed by atoms with Crippen LogP contribution in [-0.4, -0.2) is 26.0 Å². The zero-order valence-corrected chi connectivity index (χ0v) is 12.2. The quantitative estimate of drug-likeness (QED) is 0.822. The fraction of sp³-hybridized carbons (Fsp3) is 0.231. The number of tetrazole rings is 1. The van der Waals surface area contributed by atoms with Gasteiger partial charge in [0.15, 0.2) is 5.78 Å². The second-order valence-corrected chi connectivity index (χ2v) is 5.02. The standard InChI is InChI=1S/C7H6N4S.C6H7ClO/c12-7-8-9-10-11(7)6-4-2-1-3-5-6;7-5-2-1-3-6(8)4-5/h1-5H,(H,8,10,12);4H,1-3H2. The summed E-state index contributed by atoms with van der Waals surface area (Å²) in [7, 11) is 0. The number of allylic oxidation sites excluding steroid dienone is 2. The minimum atomic E-state index is 0.168. The first-order valence-corrected chi connectivity index (χ1v) is 6.90. The Kier molecular flexibility index (Phi) is 5.20. The maximum absolute atomic E-state index is 10.5. The van der Waals surface area contributed by atoms with Gasteiger partial charge < -0.3 is 0 Å². The summed E-state index contributed by atoms with van der Waals surface area (Å²) in [6, 6.07) is 9.65. The van der Waals surface area contributed by atoms with Crippen molar-refractivity contribution in [2.45, 2.75) is 19.3 Å². The van der Waals surface area contributed by atoms with Crippen LogP contribution in [0.1, 0.15) is 19.3 Å². The molecular weight excluding hydrogens is 296 g/mol. The lowest BCUT2D eigenvalue weighted by Crippen LogP contribution is -1.98. The number of aromatic nitrogens is 4. The average molecular weight is 309 g/mol. The zero-order chi connectivity index (χ0) is 14.4. The Labute approximate surface area is 126 Å². The van der Waals surface area contributed by atoms with Crippen LogP contribution in [0.25, 0.3) is 5.69 Å². The van der Waals surface area contributed by atoms with Crippen molar-refractivity contribution in [2.24, 2.45) is 0 Å². The Hall–Kier alpha value is -1.79. The van der Waals surface area contributed by atoms with Gasteiger partial charge in [0.05, 0.1) is 5.69 Å². The van der Waals surface area contributed by atoms with Gasteiger partial charge in [0.25, 0.3) is 0 Å². The number of ketones is 1. The topological polar surface area (TPSA) is 63.6 Å². The first-order valence-electron chi connectivity index (χ1n) is 6.11. The van der Waals surface area contributed by atoms with Crippen LogP contribution >= 0.6 is 23.8 Å². The molecule has 0 bridgehead atoms. The van der Waals surface area contributed by atoms with E-state index in [2.05, 4.69) is 15.5 Å². The maximum Gasteiger partial charge on any atom is 0.242 e. The van der Waals surface area contributed by atoms with E-state index < -0.39 is 0 Å². The highest BCUT2D eigenvalue weighted by Gasteiger charge is 2.06. The second kappa shape index (κ2) is 7.12. The van der Waals surface area contributed by atoms with Gasteiger partial charge in [-0.15, -0.1) is 0 Å². The molecule has 1 heterocycles. The molecule has 0 fully saturated rings. The summed E-state index contributed by atoms with van der Waals surface area (Å²) < 4.78 is 2.07. The van der Waals surface area contributed by atoms with E-state index in [9.17, 15) is 4.79 Å². The van der Waals surface area contributed by atoms with Crippen molar-refractivity contribution in [3.05, 3.63) is 46.2 Å². The van der Waals surface area contributed by atoms with Crippen molar-refractivity contribution < 1.29 is 4.79 Å². The van der Waals surface area contributed by atoms with Gasteiger partial charge in [-0.3, -0.25) is 4.79 Å². The number of halogens is 1. The van der Waals surface area contributed by atoms with Gasteiger partial charge in [0, 0.05) is 11.5 Å². The minimum Gasteiger partial charge on any atom is -0.295 e. The smallest absolute Gasteiger partial charge is 0.242 e. The number of nitrogens with zero attached hydrogens (tertiary/aromatic N) is 3. The third-order valence-corrected chi connectivity index (χ3v) is 3.20. The lowest BCUT2D eigenvalue weighted by atomic mass is 10.1. The van der Waals surface area contributed by atoms with E-state index in [-0.39, 0.29) is 5.78 Å². The van der Waals surface area contributed by atoms with E-state index in [1.165, 1.54) is 6.08 Å². The van der Waals surface area contributed by atoms with E-state index >= 15 is 0 Å². The maximum atomic E-state index is 10.5. The largest absolute Gasteiger partial charge is 0.295 e. The molecule has 5 nitrogen and oxygen atoms in total. The number of hydrogen-bond donors (Lipinski definition) is 1. The summed E-state index contributed by atoms with van der Waals surface area (Å²) >= 11 is 10.5. The molecule has 0 atom stereocenters. The Morgan fingerprint density at radius 3 is 2.50 bits per heavy atom. The fourth-order valence-electron chi connectivity index (χ4n) is 1.69. The van der Waals surface area contributed by atoms with Crippen LogP contribution in [-0.2, 0) is 4.79 Å². The van der Waals surface area contributed by atoms with Gasteiger partial charge in [-0.05, 0) is 43.3 Å². The molecule has 0 spiro atoms. The molecule has 0 unspecified atom stereocenters. The minimum absolute atomic E-state index is 0.168. The molecule has 1 aromatic heterocycles. The second-order valence-electron chi connectivity index (χ2n) is 4.16. The molecule has 0 amide bonds. The normalized spacial score (nSPS) is 14.2. The summed E-state index contributed by atoms with van der Waals surface area (Å²) in [5.41, 5.74) is 0.938. The monoisotopic (exact) mass is 308 g/mol. The number of rotatable bonds is 1. The van der Waals surface area contributed by atoms with Crippen molar-refractivity contribution in [2.75, 3.05) is 0 Å². The van der Waals surface area contributed by atoms with E-state index in [1.807, 2.05) is 30.3 Å². The van der Waals surface area contributed by atoms with Crippen LogP contribution in [0.5, 0.6) is 0 Å². The molecule has 2 aromatic rings. The number of aromatic amines is 1. The third kappa shape index (κ3) is 4.11. The fourth-order valence-corrected chi connectivity index (χ4v) is 2.14. The molecule has 1 aliphatic carbocycles. The van der Waals surface area contributed by atoms with Gasteiger partial charge in [-0.1, -0.05) is 40.1 Å². The van der Waals surface area contributed by atoms with Crippen molar-refractivity contribution in [3.63, 3.8) is 0 Å². The summed E-state index contributed by atoms with van der Waals surface area (Å²) in [6.45, 7) is 0. The predicted octanol–water partition coefficient (Wildman–Crippen LogP) is 3.19. The molecule has 20 heavy (non-hydrogen) atoms. The molecule has 1 aliphatic rings. The van der Waals surface area contributed by atoms with Crippen molar-refractivity contribution in [3.8, 4) is 5.69 Å². The lowest BCUT2D eigenvalue weighted by molar-refractivity contribution is -0.115. The highest BCUT2D eigenvalue weighted by molar-refractivity contribution is 7.71. The SMILES string of the molecule is O=C1C=C(Cl)CCC1.S=c1nn[nH]n1-c1ccccc1. The highest BCUT2D eigenvalue weighted by Crippen LogP contribution is 2.17. The highest BCUT2D eigenvalue weighted by atomic mass is 35.5. The Bertz CT molecular complexity index is 662. The Morgan fingerprint density at radius 1 is 1.25 bits per heavy atom. The number of nitrogens with one attached hydrogen (secondary N) is 1. The zero-order valence-electron chi connectivity index (χ0n) is 10.6. The molecule has 0 saturated heterocycles. The van der Waals surface area contributed by atoms with Gasteiger partial charge in [0.2, 0.25) is 4.77 Å². The number of H-pyrrole nitrogens is 1. The van der Waals surface area contributed by atoms with Crippen LogP contribution in [0.15, 0.2) is 41.4 Å². The Morgan fingerprint density at radius 2 is 2.00 bits per heavy atom. The van der Waals surface area contributed by atoms with Crippen LogP contribution < -0.4 is 0 Å². The van der Waals surface area contributed by atoms with Crippen molar-refractivity contribution >= 4 is 29.6 Å². The average Bonchev–Trinajstić information content (AvgIpc) is 2.86. The molecule has 1 N–H and O–H groups in total. The van der Waals surface area contributed by atoms with Crippen molar-refractivity contribution in [1.82, 2.24) is 20.2 Å². The van der Waals surface area contributed by atoms with Gasteiger partial charge in [0.1, 0.15) is 0 Å². The molecule has 104 valence electrons. The van der Waals surface area contributed by atoms with Gasteiger partial charge in [-0.25, -0.2) is 4.68 Å². The molecule has 0 aliphatic heterocycles. The van der Waals surface area contributed by atoms with Crippen LogP contribution in [0.3, 0.4) is 0 Å². The first-order chi connectivity index (χ1) is 9.66. The number of carbonyl (C=O) groups is 1. The lowest BCUT2D eigenvalue weighted by Gasteiger charge is -2.02. The molecular formula is C13H13ClN4OS. The summed E-state index contributed by atoms with van der Waals surface area (Å²) in [6.07, 6.45) is 4.00. The molecule has 0 radical (unpaired) electrons. The van der Waals surface area contributed by atoms with Gasteiger partial charge >= 0.3 is 0 Å². The third-order valence-electron chi connectivity index (χ3n) is 2.64. The predicted molar refractivity (Wildman–Crippen MR) is 79.3 cm³/mol. The van der Waals surface area contributed by atoms with Gasteiger partial charge in [-0.2, -0.15) is 5.21 Å². The van der Waals surface area contributed by atoms with E-state index in [1.54, 1.807) is 4.68 Å². The molecule has 1 aromatic carbocycles. The van der Waals surface area contributed by atoms with Crippen LogP contribution in [0.2, 0.25) is 0 Å². The summed E-state index contributed by atoms with van der Waals surface area (Å²) in [5.74, 6) is 0.168. The van der Waals surface area contributed by atoms with Crippen LogP contribution in [0, 0.1) is 4.77 Å². The number of hydrogen-bond acceptors (Lipinski definition) is 4. The van der Waals surface area contributed by atoms with E-state index in [4.69, 9.17) is 23.8 Å². The molecule has 7 heteroatoms. The van der Waals surface area contributed by atoms with Crippen LogP contribution in [0.4, 0.5) is 0 Å². The number of benzene rings is 1. The summed E-state index contributed by atoms with van der Waals surface area (Å²) in [5, 5.41) is 10.6. The summed E-state index contributed by atoms with van der Waals surface area (Å²) in [4.78, 5) is 10.5. The number of carbonyl (C=O) groups excluding carboxylic acids is 1.